The van der Waals surface area contributed by atoms with Crippen molar-refractivity contribution in [2.24, 2.45) is 5.92 Å². The molecule has 0 aliphatic carbocycles. The number of non-ortho nitro benzene ring substituents is 1. The third kappa shape index (κ3) is 4.93. The lowest BCUT2D eigenvalue weighted by Crippen LogP contribution is -2.28. The van der Waals surface area contributed by atoms with E-state index in [1.807, 2.05) is 0 Å². The average Bonchev–Trinajstić information content (AvgIpc) is 3.11. The normalized spacial score (nSPS) is 15.7. The molecule has 156 valence electrons. The van der Waals surface area contributed by atoms with Gasteiger partial charge in [0.05, 0.1) is 16.5 Å². The van der Waals surface area contributed by atoms with Gasteiger partial charge in [0, 0.05) is 35.8 Å². The van der Waals surface area contributed by atoms with Gasteiger partial charge in [0.25, 0.3) is 11.6 Å². The fourth-order valence-corrected chi connectivity index (χ4v) is 3.23. The van der Waals surface area contributed by atoms with Crippen molar-refractivity contribution in [2.45, 2.75) is 13.3 Å². The molecule has 0 spiro atoms. The highest BCUT2D eigenvalue weighted by Crippen LogP contribution is 2.28. The quantitative estimate of drug-likeness (QED) is 0.426. The standard InChI is InChI=1S/C20H18ClN3O6/c1-12-5-6-14(21)8-17(12)22-18(25)11-30-20(27)13-7-19(26)23(10-13)15-3-2-4-16(9-15)24(28)29/h2-6,8-9,13H,7,10-11H2,1H3,(H,22,25)/t13-/m0/s1. The summed E-state index contributed by atoms with van der Waals surface area (Å²) in [7, 11) is 0. The van der Waals surface area contributed by atoms with E-state index in [2.05, 4.69) is 5.32 Å². The molecule has 0 saturated carbocycles. The molecule has 10 heteroatoms. The van der Waals surface area contributed by atoms with Gasteiger partial charge >= 0.3 is 5.97 Å². The maximum absolute atomic E-state index is 12.3. The lowest BCUT2D eigenvalue weighted by Gasteiger charge is -2.16. The number of anilines is 2. The molecule has 0 bridgehead atoms. The van der Waals surface area contributed by atoms with E-state index < -0.39 is 29.3 Å². The number of hydrogen-bond donors (Lipinski definition) is 1. The summed E-state index contributed by atoms with van der Waals surface area (Å²) in [6, 6.07) is 10.6. The molecule has 1 aliphatic rings. The summed E-state index contributed by atoms with van der Waals surface area (Å²) in [5, 5.41) is 14.0. The Morgan fingerprint density at radius 2 is 2.07 bits per heavy atom. The molecule has 2 aromatic rings. The molecule has 1 atom stereocenters. The van der Waals surface area contributed by atoms with Gasteiger partial charge in [-0.3, -0.25) is 24.5 Å². The van der Waals surface area contributed by atoms with Crippen LogP contribution in [0, 0.1) is 23.0 Å². The molecule has 0 aromatic heterocycles. The molecule has 1 aliphatic heterocycles. The summed E-state index contributed by atoms with van der Waals surface area (Å²) in [6.07, 6.45) is -0.101. The van der Waals surface area contributed by atoms with Crippen molar-refractivity contribution in [1.29, 1.82) is 0 Å². The van der Waals surface area contributed by atoms with Crippen LogP contribution < -0.4 is 10.2 Å². The summed E-state index contributed by atoms with van der Waals surface area (Å²) in [4.78, 5) is 48.3. The SMILES string of the molecule is Cc1ccc(Cl)cc1NC(=O)COC(=O)[C@H]1CC(=O)N(c2cccc([N+](=O)[O-])c2)C1. The number of ether oxygens (including phenoxy) is 1. The van der Waals surface area contributed by atoms with Crippen molar-refractivity contribution in [1.82, 2.24) is 0 Å². The van der Waals surface area contributed by atoms with E-state index in [1.165, 1.54) is 23.1 Å². The van der Waals surface area contributed by atoms with E-state index >= 15 is 0 Å². The summed E-state index contributed by atoms with van der Waals surface area (Å²) < 4.78 is 5.05. The lowest BCUT2D eigenvalue weighted by atomic mass is 10.1. The Hall–Kier alpha value is -3.46. The van der Waals surface area contributed by atoms with Crippen LogP contribution in [0.1, 0.15) is 12.0 Å². The highest BCUT2D eigenvalue weighted by Gasteiger charge is 2.36. The van der Waals surface area contributed by atoms with Crippen LogP contribution in [0.3, 0.4) is 0 Å². The van der Waals surface area contributed by atoms with E-state index in [4.69, 9.17) is 16.3 Å². The number of amides is 2. The minimum absolute atomic E-state index is 0.0217. The van der Waals surface area contributed by atoms with E-state index in [9.17, 15) is 24.5 Å². The van der Waals surface area contributed by atoms with E-state index in [0.29, 0.717) is 16.4 Å². The number of hydrogen-bond acceptors (Lipinski definition) is 6. The number of carbonyl (C=O) groups is 3. The topological polar surface area (TPSA) is 119 Å². The zero-order valence-corrected chi connectivity index (χ0v) is 16.7. The first kappa shape index (κ1) is 21.3. The zero-order chi connectivity index (χ0) is 21.8. The van der Waals surface area contributed by atoms with Gasteiger partial charge in [0.2, 0.25) is 5.91 Å². The van der Waals surface area contributed by atoms with E-state index in [-0.39, 0.29) is 24.6 Å². The molecule has 1 N–H and O–H groups in total. The summed E-state index contributed by atoms with van der Waals surface area (Å²) in [5.74, 6) is -2.34. The second-order valence-electron chi connectivity index (χ2n) is 6.80. The van der Waals surface area contributed by atoms with Crippen LogP contribution in [0.25, 0.3) is 0 Å². The third-order valence-electron chi connectivity index (χ3n) is 4.63. The Bertz CT molecular complexity index is 1030. The number of aryl methyl sites for hydroxylation is 1. The van der Waals surface area contributed by atoms with Gasteiger partial charge in [-0.2, -0.15) is 0 Å². The number of halogens is 1. The Kier molecular flexibility index (Phi) is 6.31. The largest absolute Gasteiger partial charge is 0.455 e. The van der Waals surface area contributed by atoms with Crippen molar-refractivity contribution < 1.29 is 24.0 Å². The van der Waals surface area contributed by atoms with Crippen LogP contribution in [0.5, 0.6) is 0 Å². The number of nitro groups is 1. The Labute approximate surface area is 176 Å². The first-order chi connectivity index (χ1) is 14.2. The zero-order valence-electron chi connectivity index (χ0n) is 16.0. The molecule has 1 heterocycles. The van der Waals surface area contributed by atoms with Crippen molar-refractivity contribution in [2.75, 3.05) is 23.4 Å². The van der Waals surface area contributed by atoms with Crippen LogP contribution in [-0.4, -0.2) is 35.9 Å². The molecule has 3 rings (SSSR count). The number of carbonyl (C=O) groups excluding carboxylic acids is 3. The number of esters is 1. The van der Waals surface area contributed by atoms with Gasteiger partial charge in [0.15, 0.2) is 6.61 Å². The molecule has 1 saturated heterocycles. The number of nitro benzene ring substituents is 1. The Morgan fingerprint density at radius 3 is 2.80 bits per heavy atom. The lowest BCUT2D eigenvalue weighted by molar-refractivity contribution is -0.384. The van der Waals surface area contributed by atoms with Crippen molar-refractivity contribution >= 4 is 46.4 Å². The van der Waals surface area contributed by atoms with Crippen LogP contribution in [-0.2, 0) is 19.1 Å². The molecular formula is C20H18ClN3O6. The highest BCUT2D eigenvalue weighted by atomic mass is 35.5. The van der Waals surface area contributed by atoms with Crippen molar-refractivity contribution in [3.63, 3.8) is 0 Å². The first-order valence-corrected chi connectivity index (χ1v) is 9.40. The average molecular weight is 432 g/mol. The predicted molar refractivity (Wildman–Crippen MR) is 109 cm³/mol. The third-order valence-corrected chi connectivity index (χ3v) is 4.86. The fraction of sp³-hybridized carbons (Fsp3) is 0.250. The number of nitrogens with zero attached hydrogens (tertiary/aromatic N) is 2. The molecule has 0 radical (unpaired) electrons. The number of benzene rings is 2. The van der Waals surface area contributed by atoms with Crippen LogP contribution >= 0.6 is 11.6 Å². The maximum atomic E-state index is 12.3. The molecular weight excluding hydrogens is 414 g/mol. The fourth-order valence-electron chi connectivity index (χ4n) is 3.06. The Balaban J connectivity index is 1.57. The summed E-state index contributed by atoms with van der Waals surface area (Å²) in [5.41, 5.74) is 1.49. The molecule has 30 heavy (non-hydrogen) atoms. The van der Waals surface area contributed by atoms with Crippen LogP contribution in [0.4, 0.5) is 17.1 Å². The van der Waals surface area contributed by atoms with Gasteiger partial charge < -0.3 is 15.0 Å². The smallest absolute Gasteiger partial charge is 0.311 e. The molecule has 0 unspecified atom stereocenters. The minimum Gasteiger partial charge on any atom is -0.455 e. The molecule has 2 aromatic carbocycles. The van der Waals surface area contributed by atoms with Crippen molar-refractivity contribution in [3.05, 3.63) is 63.2 Å². The van der Waals surface area contributed by atoms with Crippen LogP contribution in [0.15, 0.2) is 42.5 Å². The predicted octanol–water partition coefficient (Wildman–Crippen LogP) is 3.09. The highest BCUT2D eigenvalue weighted by molar-refractivity contribution is 6.31. The van der Waals surface area contributed by atoms with Gasteiger partial charge in [-0.05, 0) is 30.7 Å². The van der Waals surface area contributed by atoms with Crippen molar-refractivity contribution in [3.8, 4) is 0 Å². The second-order valence-corrected chi connectivity index (χ2v) is 7.23. The minimum atomic E-state index is -0.766. The van der Waals surface area contributed by atoms with Crippen LogP contribution in [0.2, 0.25) is 5.02 Å². The summed E-state index contributed by atoms with van der Waals surface area (Å²) >= 11 is 5.91. The first-order valence-electron chi connectivity index (χ1n) is 9.02. The summed E-state index contributed by atoms with van der Waals surface area (Å²) in [6.45, 7) is 1.31. The number of nitrogens with one attached hydrogen (secondary N) is 1. The molecule has 1 fully saturated rings. The maximum Gasteiger partial charge on any atom is 0.311 e. The molecule has 2 amide bonds. The van der Waals surface area contributed by atoms with Gasteiger partial charge in [-0.15, -0.1) is 0 Å². The van der Waals surface area contributed by atoms with Gasteiger partial charge in [-0.1, -0.05) is 23.7 Å². The van der Waals surface area contributed by atoms with E-state index in [1.54, 1.807) is 31.2 Å². The Morgan fingerprint density at radius 1 is 1.30 bits per heavy atom. The van der Waals surface area contributed by atoms with Gasteiger partial charge in [-0.25, -0.2) is 0 Å². The van der Waals surface area contributed by atoms with Gasteiger partial charge in [0.1, 0.15) is 0 Å². The monoisotopic (exact) mass is 431 g/mol. The molecule has 9 nitrogen and oxygen atoms in total. The number of rotatable bonds is 6. The van der Waals surface area contributed by atoms with E-state index in [0.717, 1.165) is 5.56 Å². The second kappa shape index (κ2) is 8.91.